The van der Waals surface area contributed by atoms with Crippen LogP contribution in [0.1, 0.15) is 23.2 Å². The second kappa shape index (κ2) is 6.21. The van der Waals surface area contributed by atoms with Gasteiger partial charge in [0.1, 0.15) is 5.56 Å². The summed E-state index contributed by atoms with van der Waals surface area (Å²) in [7, 11) is 0. The Hall–Kier alpha value is -1.34. The normalized spacial score (nSPS) is 16.1. The zero-order valence-corrected chi connectivity index (χ0v) is 11.5. The summed E-state index contributed by atoms with van der Waals surface area (Å²) in [5.74, 6) is 1.52. The summed E-state index contributed by atoms with van der Waals surface area (Å²) in [5, 5.41) is 13.5. The van der Waals surface area contributed by atoms with Crippen molar-refractivity contribution >= 4 is 35.0 Å². The van der Waals surface area contributed by atoms with Crippen LogP contribution in [-0.4, -0.2) is 33.4 Å². The van der Waals surface area contributed by atoms with Crippen molar-refractivity contribution in [2.75, 3.05) is 11.5 Å². The number of amides is 1. The van der Waals surface area contributed by atoms with E-state index in [9.17, 15) is 14.9 Å². The third-order valence-electron chi connectivity index (χ3n) is 2.86. The molecule has 1 aliphatic heterocycles. The molecule has 0 spiro atoms. The largest absolute Gasteiger partial charge is 0.349 e. The van der Waals surface area contributed by atoms with Gasteiger partial charge < -0.3 is 5.32 Å². The highest BCUT2D eigenvalue weighted by Crippen LogP contribution is 2.26. The van der Waals surface area contributed by atoms with Gasteiger partial charge >= 0.3 is 5.69 Å². The Kier molecular flexibility index (Phi) is 4.60. The molecular formula is C11H12ClN3O3S. The van der Waals surface area contributed by atoms with E-state index < -0.39 is 16.5 Å². The second-order valence-corrected chi connectivity index (χ2v) is 5.70. The zero-order valence-electron chi connectivity index (χ0n) is 9.97. The van der Waals surface area contributed by atoms with Crippen molar-refractivity contribution < 1.29 is 9.72 Å². The Balaban J connectivity index is 2.18. The third-order valence-corrected chi connectivity index (χ3v) is 4.19. The Labute approximate surface area is 119 Å². The highest BCUT2D eigenvalue weighted by molar-refractivity contribution is 7.99. The first-order chi connectivity index (χ1) is 9.09. The van der Waals surface area contributed by atoms with E-state index in [0.29, 0.717) is 0 Å². The molecule has 0 radical (unpaired) electrons. The van der Waals surface area contributed by atoms with E-state index >= 15 is 0 Å². The number of carbonyl (C=O) groups is 1. The first kappa shape index (κ1) is 14.1. The van der Waals surface area contributed by atoms with E-state index in [4.69, 9.17) is 11.6 Å². The third kappa shape index (κ3) is 3.36. The van der Waals surface area contributed by atoms with Crippen molar-refractivity contribution in [3.8, 4) is 0 Å². The molecule has 1 aromatic heterocycles. The van der Waals surface area contributed by atoms with E-state index in [0.717, 1.165) is 24.3 Å². The maximum absolute atomic E-state index is 12.1. The lowest BCUT2D eigenvalue weighted by molar-refractivity contribution is -0.385. The molecule has 0 aliphatic carbocycles. The lowest BCUT2D eigenvalue weighted by Gasteiger charge is -2.22. The average Bonchev–Trinajstić information content (AvgIpc) is 2.39. The number of hydrogen-bond donors (Lipinski definition) is 1. The maximum atomic E-state index is 12.1. The summed E-state index contributed by atoms with van der Waals surface area (Å²) in [6, 6.07) is 1.39. The molecule has 2 heterocycles. The summed E-state index contributed by atoms with van der Waals surface area (Å²) in [5.41, 5.74) is -0.477. The molecule has 1 amide bonds. The fourth-order valence-corrected chi connectivity index (χ4v) is 3.22. The van der Waals surface area contributed by atoms with E-state index in [1.807, 2.05) is 11.8 Å². The van der Waals surface area contributed by atoms with E-state index in [-0.39, 0.29) is 16.8 Å². The number of nitrogens with one attached hydrogen (secondary N) is 1. The van der Waals surface area contributed by atoms with Crippen LogP contribution in [0.2, 0.25) is 5.15 Å². The van der Waals surface area contributed by atoms with Crippen LogP contribution in [0.25, 0.3) is 0 Å². The van der Waals surface area contributed by atoms with Crippen LogP contribution >= 0.6 is 23.4 Å². The molecule has 0 bridgehead atoms. The number of nitrogens with zero attached hydrogens (tertiary/aromatic N) is 2. The summed E-state index contributed by atoms with van der Waals surface area (Å²) in [4.78, 5) is 26.0. The highest BCUT2D eigenvalue weighted by Gasteiger charge is 2.26. The molecule has 102 valence electrons. The molecule has 1 aliphatic rings. The van der Waals surface area contributed by atoms with Gasteiger partial charge in [0.15, 0.2) is 0 Å². The number of halogens is 1. The van der Waals surface area contributed by atoms with Crippen molar-refractivity contribution in [3.63, 3.8) is 0 Å². The number of thioether (sulfide) groups is 1. The Bertz CT molecular complexity index is 506. The van der Waals surface area contributed by atoms with Gasteiger partial charge in [-0.05, 0) is 30.4 Å². The summed E-state index contributed by atoms with van der Waals surface area (Å²) in [6.45, 7) is 0. The topological polar surface area (TPSA) is 85.1 Å². The molecule has 0 aromatic carbocycles. The molecule has 1 saturated heterocycles. The van der Waals surface area contributed by atoms with Gasteiger partial charge in [0, 0.05) is 12.2 Å². The molecule has 2 rings (SSSR count). The van der Waals surface area contributed by atoms with Gasteiger partial charge in [0.25, 0.3) is 5.91 Å². The van der Waals surface area contributed by atoms with Gasteiger partial charge in [0.05, 0.1) is 4.92 Å². The molecule has 1 N–H and O–H groups in total. The van der Waals surface area contributed by atoms with E-state index in [1.54, 1.807) is 0 Å². The van der Waals surface area contributed by atoms with Crippen LogP contribution < -0.4 is 5.32 Å². The fourth-order valence-electron chi connectivity index (χ4n) is 1.89. The highest BCUT2D eigenvalue weighted by atomic mass is 35.5. The van der Waals surface area contributed by atoms with E-state index in [2.05, 4.69) is 10.3 Å². The number of hydrogen-bond acceptors (Lipinski definition) is 5. The lowest BCUT2D eigenvalue weighted by atomic mass is 10.1. The molecule has 19 heavy (non-hydrogen) atoms. The van der Waals surface area contributed by atoms with Gasteiger partial charge in [-0.25, -0.2) is 4.98 Å². The van der Waals surface area contributed by atoms with Crippen LogP contribution in [0.3, 0.4) is 0 Å². The molecule has 1 aromatic rings. The minimum absolute atomic E-state index is 0.0387. The standard InChI is InChI=1S/C11H12ClN3O3S/c12-10-9(15(17)18)8(1-4-13-10)11(16)14-7-2-5-19-6-3-7/h1,4,7H,2-3,5-6H2,(H,14,16). The van der Waals surface area contributed by atoms with Crippen LogP contribution in [0, 0.1) is 10.1 Å². The molecule has 0 saturated carbocycles. The summed E-state index contributed by atoms with van der Waals surface area (Å²) in [6.07, 6.45) is 3.05. The minimum Gasteiger partial charge on any atom is -0.349 e. The summed E-state index contributed by atoms with van der Waals surface area (Å²) < 4.78 is 0. The van der Waals surface area contributed by atoms with Crippen molar-refractivity contribution in [2.45, 2.75) is 18.9 Å². The quantitative estimate of drug-likeness (QED) is 0.526. The van der Waals surface area contributed by atoms with Gasteiger partial charge in [-0.15, -0.1) is 0 Å². The number of carbonyl (C=O) groups excluding carboxylic acids is 1. The van der Waals surface area contributed by atoms with E-state index in [1.165, 1.54) is 12.3 Å². The molecular weight excluding hydrogens is 290 g/mol. The Morgan fingerprint density at radius 2 is 2.21 bits per heavy atom. The molecule has 6 nitrogen and oxygen atoms in total. The Morgan fingerprint density at radius 1 is 1.53 bits per heavy atom. The van der Waals surface area contributed by atoms with Crippen LogP contribution in [0.5, 0.6) is 0 Å². The smallest absolute Gasteiger partial charge is 0.319 e. The van der Waals surface area contributed by atoms with Crippen LogP contribution in [-0.2, 0) is 0 Å². The first-order valence-electron chi connectivity index (χ1n) is 5.77. The number of nitro groups is 1. The van der Waals surface area contributed by atoms with Crippen molar-refractivity contribution in [2.24, 2.45) is 0 Å². The van der Waals surface area contributed by atoms with Gasteiger partial charge in [-0.2, -0.15) is 11.8 Å². The van der Waals surface area contributed by atoms with Crippen LogP contribution in [0.15, 0.2) is 12.3 Å². The van der Waals surface area contributed by atoms with Crippen LogP contribution in [0.4, 0.5) is 5.69 Å². The Morgan fingerprint density at radius 3 is 2.84 bits per heavy atom. The fraction of sp³-hybridized carbons (Fsp3) is 0.455. The predicted molar refractivity (Wildman–Crippen MR) is 73.7 cm³/mol. The first-order valence-corrected chi connectivity index (χ1v) is 7.30. The van der Waals surface area contributed by atoms with Gasteiger partial charge in [-0.3, -0.25) is 14.9 Å². The molecule has 0 atom stereocenters. The lowest BCUT2D eigenvalue weighted by Crippen LogP contribution is -2.37. The molecule has 0 unspecified atom stereocenters. The van der Waals surface area contributed by atoms with Crippen molar-refractivity contribution in [3.05, 3.63) is 33.1 Å². The number of aromatic nitrogens is 1. The van der Waals surface area contributed by atoms with Crippen molar-refractivity contribution in [1.29, 1.82) is 0 Å². The monoisotopic (exact) mass is 301 g/mol. The molecule has 8 heteroatoms. The number of pyridine rings is 1. The summed E-state index contributed by atoms with van der Waals surface area (Å²) >= 11 is 7.52. The van der Waals surface area contributed by atoms with Gasteiger partial charge in [-0.1, -0.05) is 11.6 Å². The predicted octanol–water partition coefficient (Wildman–Crippen LogP) is 2.27. The maximum Gasteiger partial charge on any atom is 0.319 e. The van der Waals surface area contributed by atoms with Gasteiger partial charge in [0.2, 0.25) is 5.15 Å². The SMILES string of the molecule is O=C(NC1CCSCC1)c1ccnc(Cl)c1[N+](=O)[O-]. The minimum atomic E-state index is -0.680. The zero-order chi connectivity index (χ0) is 13.8. The average molecular weight is 302 g/mol. The second-order valence-electron chi connectivity index (χ2n) is 4.12. The van der Waals surface area contributed by atoms with Crippen molar-refractivity contribution in [1.82, 2.24) is 10.3 Å². The number of rotatable bonds is 3. The molecule has 1 fully saturated rings.